The summed E-state index contributed by atoms with van der Waals surface area (Å²) < 4.78 is 2.89. The number of rotatable bonds is 1. The molecule has 0 N–H and O–H groups in total. The summed E-state index contributed by atoms with van der Waals surface area (Å²) in [4.78, 5) is 4.50. The van der Waals surface area contributed by atoms with Gasteiger partial charge in [0.25, 0.3) is 0 Å². The highest BCUT2D eigenvalue weighted by atomic mass is 79.9. The molecule has 4 heteroatoms. The number of halogens is 1. The summed E-state index contributed by atoms with van der Waals surface area (Å²) in [5, 5.41) is 5.69. The van der Waals surface area contributed by atoms with Crippen LogP contribution in [0.25, 0.3) is 16.7 Å². The third-order valence-electron chi connectivity index (χ3n) is 2.92. The summed E-state index contributed by atoms with van der Waals surface area (Å²) in [6, 6.07) is 10.1. The zero-order valence-electron chi connectivity index (χ0n) is 10.2. The summed E-state index contributed by atoms with van der Waals surface area (Å²) in [6.45, 7) is 4.05. The molecule has 3 aromatic rings. The largest absolute Gasteiger partial charge is 0.236 e. The van der Waals surface area contributed by atoms with Gasteiger partial charge in [0.2, 0.25) is 0 Å². The Labute approximate surface area is 114 Å². The fourth-order valence-electron chi connectivity index (χ4n) is 2.04. The molecule has 0 aliphatic carbocycles. The first-order chi connectivity index (χ1) is 8.66. The standard InChI is InChI=1S/C14H12BrN3/c1-9-7-11-10(2)17-18(14(11)16-8-9)13-6-4-3-5-12(13)15/h3-8H,1-2H3. The van der Waals surface area contributed by atoms with Crippen LogP contribution < -0.4 is 0 Å². The number of pyridine rings is 1. The molecule has 90 valence electrons. The van der Waals surface area contributed by atoms with E-state index >= 15 is 0 Å². The van der Waals surface area contributed by atoms with Crippen molar-refractivity contribution in [1.29, 1.82) is 0 Å². The molecule has 18 heavy (non-hydrogen) atoms. The second-order valence-electron chi connectivity index (χ2n) is 4.33. The number of hydrogen-bond donors (Lipinski definition) is 0. The van der Waals surface area contributed by atoms with Gasteiger partial charge >= 0.3 is 0 Å². The summed E-state index contributed by atoms with van der Waals surface area (Å²) in [5.41, 5.74) is 4.05. The van der Waals surface area contributed by atoms with Crippen LogP contribution in [0.15, 0.2) is 41.0 Å². The van der Waals surface area contributed by atoms with Gasteiger partial charge in [0, 0.05) is 16.1 Å². The molecule has 0 atom stereocenters. The minimum Gasteiger partial charge on any atom is -0.236 e. The highest BCUT2D eigenvalue weighted by Crippen LogP contribution is 2.25. The average molecular weight is 302 g/mol. The van der Waals surface area contributed by atoms with E-state index in [1.165, 1.54) is 0 Å². The normalized spacial score (nSPS) is 11.1. The van der Waals surface area contributed by atoms with E-state index < -0.39 is 0 Å². The van der Waals surface area contributed by atoms with Crippen LogP contribution in [0.1, 0.15) is 11.3 Å². The second kappa shape index (κ2) is 4.21. The molecule has 2 aromatic heterocycles. The van der Waals surface area contributed by atoms with Crippen molar-refractivity contribution in [2.75, 3.05) is 0 Å². The van der Waals surface area contributed by atoms with E-state index in [0.717, 1.165) is 32.5 Å². The zero-order chi connectivity index (χ0) is 12.7. The van der Waals surface area contributed by atoms with E-state index in [-0.39, 0.29) is 0 Å². The van der Waals surface area contributed by atoms with Crippen molar-refractivity contribution in [2.45, 2.75) is 13.8 Å². The van der Waals surface area contributed by atoms with Crippen LogP contribution in [0.4, 0.5) is 0 Å². The Morgan fingerprint density at radius 1 is 1.17 bits per heavy atom. The third kappa shape index (κ3) is 1.73. The molecule has 1 aromatic carbocycles. The molecular formula is C14H12BrN3. The minimum absolute atomic E-state index is 0.894. The monoisotopic (exact) mass is 301 g/mol. The van der Waals surface area contributed by atoms with E-state index in [4.69, 9.17) is 0 Å². The molecule has 0 spiro atoms. The van der Waals surface area contributed by atoms with E-state index in [9.17, 15) is 0 Å². The van der Waals surface area contributed by atoms with Crippen LogP contribution >= 0.6 is 15.9 Å². The number of benzene rings is 1. The van der Waals surface area contributed by atoms with Gasteiger partial charge in [-0.15, -0.1) is 0 Å². The van der Waals surface area contributed by atoms with Crippen molar-refractivity contribution in [3.8, 4) is 5.69 Å². The van der Waals surface area contributed by atoms with Crippen molar-refractivity contribution in [3.05, 3.63) is 52.3 Å². The Morgan fingerprint density at radius 3 is 2.72 bits per heavy atom. The molecule has 0 amide bonds. The van der Waals surface area contributed by atoms with Gasteiger partial charge in [0.1, 0.15) is 0 Å². The van der Waals surface area contributed by atoms with Crippen molar-refractivity contribution < 1.29 is 0 Å². The lowest BCUT2D eigenvalue weighted by molar-refractivity contribution is 0.873. The molecular weight excluding hydrogens is 290 g/mol. The predicted octanol–water partition coefficient (Wildman–Crippen LogP) is 3.80. The van der Waals surface area contributed by atoms with Gasteiger partial charge < -0.3 is 0 Å². The van der Waals surface area contributed by atoms with Crippen molar-refractivity contribution in [2.24, 2.45) is 0 Å². The molecule has 3 rings (SSSR count). The van der Waals surface area contributed by atoms with Crippen LogP contribution in [0.5, 0.6) is 0 Å². The van der Waals surface area contributed by atoms with Crippen LogP contribution in [0.2, 0.25) is 0 Å². The predicted molar refractivity (Wildman–Crippen MR) is 76.0 cm³/mol. The fraction of sp³-hybridized carbons (Fsp3) is 0.143. The summed E-state index contributed by atoms with van der Waals surface area (Å²) in [5.74, 6) is 0. The number of nitrogens with zero attached hydrogens (tertiary/aromatic N) is 3. The highest BCUT2D eigenvalue weighted by Gasteiger charge is 2.11. The molecule has 0 radical (unpaired) electrons. The first kappa shape index (κ1) is 11.4. The van der Waals surface area contributed by atoms with Gasteiger partial charge in [-0.3, -0.25) is 0 Å². The quantitative estimate of drug-likeness (QED) is 0.684. The number of para-hydroxylation sites is 1. The Hall–Kier alpha value is -1.68. The minimum atomic E-state index is 0.894. The van der Waals surface area contributed by atoms with E-state index in [1.54, 1.807) is 0 Å². The molecule has 3 nitrogen and oxygen atoms in total. The molecule has 0 aliphatic rings. The molecule has 0 unspecified atom stereocenters. The van der Waals surface area contributed by atoms with E-state index in [0.29, 0.717) is 0 Å². The smallest absolute Gasteiger partial charge is 0.163 e. The molecule has 0 fully saturated rings. The molecule has 0 saturated heterocycles. The topological polar surface area (TPSA) is 30.7 Å². The zero-order valence-corrected chi connectivity index (χ0v) is 11.8. The second-order valence-corrected chi connectivity index (χ2v) is 5.19. The number of aromatic nitrogens is 3. The Bertz CT molecular complexity index is 731. The van der Waals surface area contributed by atoms with Gasteiger partial charge in [-0.25, -0.2) is 9.67 Å². The van der Waals surface area contributed by atoms with Gasteiger partial charge in [0.15, 0.2) is 5.65 Å². The van der Waals surface area contributed by atoms with Crippen molar-refractivity contribution in [1.82, 2.24) is 14.8 Å². The maximum atomic E-state index is 4.59. The maximum absolute atomic E-state index is 4.59. The SMILES string of the molecule is Cc1cnc2c(c1)c(C)nn2-c1ccccc1Br. The maximum Gasteiger partial charge on any atom is 0.163 e. The molecule has 2 heterocycles. The lowest BCUT2D eigenvalue weighted by Gasteiger charge is -2.04. The first-order valence-electron chi connectivity index (χ1n) is 5.73. The van der Waals surface area contributed by atoms with Crippen LogP contribution in [-0.4, -0.2) is 14.8 Å². The third-order valence-corrected chi connectivity index (χ3v) is 3.60. The Balaban J connectivity index is 2.34. The number of hydrogen-bond acceptors (Lipinski definition) is 2. The van der Waals surface area contributed by atoms with Gasteiger partial charge in [-0.1, -0.05) is 12.1 Å². The van der Waals surface area contributed by atoms with Crippen molar-refractivity contribution in [3.63, 3.8) is 0 Å². The van der Waals surface area contributed by atoms with Crippen molar-refractivity contribution >= 4 is 27.0 Å². The van der Waals surface area contributed by atoms with E-state index in [1.807, 2.05) is 49.0 Å². The number of fused-ring (bicyclic) bond motifs is 1. The Kier molecular flexibility index (Phi) is 2.67. The molecule has 0 saturated carbocycles. The van der Waals surface area contributed by atoms with Crippen LogP contribution in [0, 0.1) is 13.8 Å². The lowest BCUT2D eigenvalue weighted by Crippen LogP contribution is -1.98. The van der Waals surface area contributed by atoms with Gasteiger partial charge in [0.05, 0.1) is 11.4 Å². The highest BCUT2D eigenvalue weighted by molar-refractivity contribution is 9.10. The molecule has 0 bridgehead atoms. The Morgan fingerprint density at radius 2 is 1.94 bits per heavy atom. The van der Waals surface area contributed by atoms with Crippen LogP contribution in [0.3, 0.4) is 0 Å². The number of aryl methyl sites for hydroxylation is 2. The first-order valence-corrected chi connectivity index (χ1v) is 6.53. The fourth-order valence-corrected chi connectivity index (χ4v) is 2.49. The molecule has 0 aliphatic heterocycles. The summed E-state index contributed by atoms with van der Waals surface area (Å²) in [7, 11) is 0. The van der Waals surface area contributed by atoms with Gasteiger partial charge in [-0.05, 0) is 53.5 Å². The van der Waals surface area contributed by atoms with Crippen LogP contribution in [-0.2, 0) is 0 Å². The lowest BCUT2D eigenvalue weighted by atomic mass is 10.2. The van der Waals surface area contributed by atoms with Gasteiger partial charge in [-0.2, -0.15) is 5.10 Å². The summed E-state index contributed by atoms with van der Waals surface area (Å²) in [6.07, 6.45) is 1.87. The average Bonchev–Trinajstić information content (AvgIpc) is 2.67. The summed E-state index contributed by atoms with van der Waals surface area (Å²) >= 11 is 3.55. The van der Waals surface area contributed by atoms with E-state index in [2.05, 4.69) is 32.1 Å².